The number of piperazine rings is 1. The number of hydrogen-bond donors (Lipinski definition) is 1. The van der Waals surface area contributed by atoms with E-state index in [0.29, 0.717) is 22.9 Å². The second-order valence-electron chi connectivity index (χ2n) is 7.88. The predicted octanol–water partition coefficient (Wildman–Crippen LogP) is 2.90. The topological polar surface area (TPSA) is 49.7 Å². The molecule has 0 unspecified atom stereocenters. The van der Waals surface area contributed by atoms with E-state index < -0.39 is 0 Å². The lowest BCUT2D eigenvalue weighted by Crippen LogP contribution is -2.57. The molecule has 1 aromatic heterocycles. The highest BCUT2D eigenvalue weighted by Gasteiger charge is 2.30. The molecule has 3 rings (SSSR count). The first-order valence-corrected chi connectivity index (χ1v) is 9.92. The molecule has 2 aromatic rings. The Balaban J connectivity index is 1.72. The zero-order valence-electron chi connectivity index (χ0n) is 17.0. The van der Waals surface area contributed by atoms with Crippen LogP contribution in [0.2, 0.25) is 5.02 Å². The molecule has 1 aliphatic heterocycles. The predicted molar refractivity (Wildman–Crippen MR) is 113 cm³/mol. The Hall–Kier alpha value is -2.02. The summed E-state index contributed by atoms with van der Waals surface area (Å²) in [6.07, 6.45) is 3.80. The second kappa shape index (κ2) is 8.55. The monoisotopic (exact) mass is 404 g/mol. The van der Waals surface area contributed by atoms with Crippen LogP contribution >= 0.6 is 11.6 Å². The normalized spacial score (nSPS) is 16.2. The smallest absolute Gasteiger partial charge is 0.255 e. The molecule has 0 saturated carbocycles. The van der Waals surface area contributed by atoms with Crippen LogP contribution in [0.25, 0.3) is 5.69 Å². The quantitative estimate of drug-likeness (QED) is 0.804. The Kier molecular flexibility index (Phi) is 6.33. The van der Waals surface area contributed by atoms with E-state index in [1.165, 1.54) is 0 Å². The molecular weight excluding hydrogens is 376 g/mol. The molecule has 2 heterocycles. The summed E-state index contributed by atoms with van der Waals surface area (Å²) in [5.74, 6) is 0.322. The van der Waals surface area contributed by atoms with Crippen molar-refractivity contribution in [2.45, 2.75) is 19.4 Å². The first-order valence-electron chi connectivity index (χ1n) is 9.54. The maximum absolute atomic E-state index is 12.9. The van der Waals surface area contributed by atoms with Gasteiger partial charge in [0, 0.05) is 56.7 Å². The molecule has 0 bridgehead atoms. The lowest BCUT2D eigenvalue weighted by atomic mass is 10.0. The number of halogens is 1. The first-order chi connectivity index (χ1) is 13.3. The zero-order chi connectivity index (χ0) is 20.3. The van der Waals surface area contributed by atoms with Crippen molar-refractivity contribution >= 4 is 17.5 Å². The Morgan fingerprint density at radius 3 is 2.43 bits per heavy atom. The molecule has 0 radical (unpaired) electrons. The minimum absolute atomic E-state index is 0.126. The van der Waals surface area contributed by atoms with Gasteiger partial charge in [-0.3, -0.25) is 9.69 Å². The van der Waals surface area contributed by atoms with E-state index in [9.17, 15) is 4.79 Å². The van der Waals surface area contributed by atoms with Crippen LogP contribution in [0.15, 0.2) is 36.7 Å². The number of hydrogen-bond acceptors (Lipinski definition) is 4. The summed E-state index contributed by atoms with van der Waals surface area (Å²) in [5, 5.41) is 3.56. The van der Waals surface area contributed by atoms with Gasteiger partial charge in [0.25, 0.3) is 5.91 Å². The number of rotatable bonds is 6. The van der Waals surface area contributed by atoms with Gasteiger partial charge in [-0.15, -0.1) is 0 Å². The third-order valence-electron chi connectivity index (χ3n) is 5.44. The Bertz CT molecular complexity index is 812. The van der Waals surface area contributed by atoms with Gasteiger partial charge in [-0.05, 0) is 39.1 Å². The number of nitrogens with zero attached hydrogens (tertiary/aromatic N) is 3. The summed E-state index contributed by atoms with van der Waals surface area (Å²) in [6, 6.07) is 7.31. The van der Waals surface area contributed by atoms with Gasteiger partial charge in [0.05, 0.1) is 23.4 Å². The largest absolute Gasteiger partial charge is 0.496 e. The third-order valence-corrected chi connectivity index (χ3v) is 5.74. The minimum Gasteiger partial charge on any atom is -0.496 e. The van der Waals surface area contributed by atoms with Crippen LogP contribution < -0.4 is 10.1 Å². The highest BCUT2D eigenvalue weighted by Crippen LogP contribution is 2.30. The molecule has 1 aromatic carbocycles. The van der Waals surface area contributed by atoms with E-state index in [1.807, 2.05) is 29.1 Å². The number of amides is 1. The van der Waals surface area contributed by atoms with Crippen LogP contribution in [0.4, 0.5) is 0 Å². The fraction of sp³-hybridized carbons (Fsp3) is 0.476. The summed E-state index contributed by atoms with van der Waals surface area (Å²) < 4.78 is 7.36. The Morgan fingerprint density at radius 1 is 1.18 bits per heavy atom. The van der Waals surface area contributed by atoms with Gasteiger partial charge >= 0.3 is 0 Å². The maximum Gasteiger partial charge on any atom is 0.255 e. The molecule has 0 spiro atoms. The van der Waals surface area contributed by atoms with Crippen molar-refractivity contribution in [3.8, 4) is 11.4 Å². The van der Waals surface area contributed by atoms with Crippen molar-refractivity contribution in [3.05, 3.63) is 47.2 Å². The molecule has 1 amide bonds. The van der Waals surface area contributed by atoms with Gasteiger partial charge in [-0.1, -0.05) is 11.6 Å². The lowest BCUT2D eigenvalue weighted by Gasteiger charge is -2.43. The standard InChI is InChI=1S/C21H29ClN4O2/c1-21(2,26-11-9-24(3)10-12-26)15-23-20(27)16-13-17(22)18(14-19(16)28-4)25-7-5-6-8-25/h5-8,13-14H,9-12,15H2,1-4H3,(H,23,27). The van der Waals surface area contributed by atoms with Crippen molar-refractivity contribution in [2.24, 2.45) is 0 Å². The number of methoxy groups -OCH3 is 1. The third kappa shape index (κ3) is 4.51. The molecule has 152 valence electrons. The van der Waals surface area contributed by atoms with Crippen molar-refractivity contribution in [1.82, 2.24) is 19.7 Å². The maximum atomic E-state index is 12.9. The van der Waals surface area contributed by atoms with Gasteiger partial charge in [0.15, 0.2) is 0 Å². The van der Waals surface area contributed by atoms with Crippen LogP contribution in [0.5, 0.6) is 5.75 Å². The minimum atomic E-state index is -0.181. The molecule has 0 atom stereocenters. The number of benzene rings is 1. The lowest BCUT2D eigenvalue weighted by molar-refractivity contribution is 0.0587. The Labute approximate surface area is 172 Å². The summed E-state index contributed by atoms with van der Waals surface area (Å²) in [4.78, 5) is 17.6. The van der Waals surface area contributed by atoms with E-state index in [-0.39, 0.29) is 11.4 Å². The molecule has 7 heteroatoms. The molecule has 28 heavy (non-hydrogen) atoms. The SMILES string of the molecule is COc1cc(-n2cccc2)c(Cl)cc1C(=O)NCC(C)(C)N1CCN(C)CC1. The number of carbonyl (C=O) groups excluding carboxylic acids is 1. The number of likely N-dealkylation sites (N-methyl/N-ethyl adjacent to an activating group) is 1. The van der Waals surface area contributed by atoms with E-state index in [1.54, 1.807) is 19.2 Å². The van der Waals surface area contributed by atoms with E-state index >= 15 is 0 Å². The van der Waals surface area contributed by atoms with Crippen LogP contribution in [-0.4, -0.2) is 72.7 Å². The fourth-order valence-corrected chi connectivity index (χ4v) is 3.76. The highest BCUT2D eigenvalue weighted by atomic mass is 35.5. The van der Waals surface area contributed by atoms with E-state index in [4.69, 9.17) is 16.3 Å². The number of ether oxygens (including phenoxy) is 1. The van der Waals surface area contributed by atoms with E-state index in [2.05, 4.69) is 36.0 Å². The van der Waals surface area contributed by atoms with Gasteiger partial charge in [-0.2, -0.15) is 0 Å². The van der Waals surface area contributed by atoms with Gasteiger partial charge in [-0.25, -0.2) is 0 Å². The van der Waals surface area contributed by atoms with E-state index in [0.717, 1.165) is 31.9 Å². The molecule has 0 aliphatic carbocycles. The van der Waals surface area contributed by atoms with Crippen LogP contribution in [0, 0.1) is 0 Å². The van der Waals surface area contributed by atoms with Crippen molar-refractivity contribution in [1.29, 1.82) is 0 Å². The summed E-state index contributed by atoms with van der Waals surface area (Å²) in [5.41, 5.74) is 1.09. The van der Waals surface area contributed by atoms with Crippen molar-refractivity contribution < 1.29 is 9.53 Å². The average Bonchev–Trinajstić information content (AvgIpc) is 3.21. The van der Waals surface area contributed by atoms with Crippen molar-refractivity contribution in [2.75, 3.05) is 46.9 Å². The van der Waals surface area contributed by atoms with Crippen LogP contribution in [0.1, 0.15) is 24.2 Å². The van der Waals surface area contributed by atoms with Crippen LogP contribution in [0.3, 0.4) is 0 Å². The number of carbonyl (C=O) groups is 1. The van der Waals surface area contributed by atoms with Gasteiger partial charge in [0.2, 0.25) is 0 Å². The molecular formula is C21H29ClN4O2. The average molecular weight is 405 g/mol. The van der Waals surface area contributed by atoms with Crippen LogP contribution in [-0.2, 0) is 0 Å². The first kappa shape index (κ1) is 20.7. The number of nitrogens with one attached hydrogen (secondary N) is 1. The van der Waals surface area contributed by atoms with Crippen molar-refractivity contribution in [3.63, 3.8) is 0 Å². The number of aromatic nitrogens is 1. The van der Waals surface area contributed by atoms with Gasteiger partial charge < -0.3 is 19.5 Å². The second-order valence-corrected chi connectivity index (χ2v) is 8.29. The Morgan fingerprint density at radius 2 is 1.82 bits per heavy atom. The fourth-order valence-electron chi connectivity index (χ4n) is 3.50. The summed E-state index contributed by atoms with van der Waals surface area (Å²) in [6.45, 7) is 8.97. The highest BCUT2D eigenvalue weighted by molar-refractivity contribution is 6.33. The molecule has 1 N–H and O–H groups in total. The molecule has 1 fully saturated rings. The zero-order valence-corrected chi connectivity index (χ0v) is 17.8. The van der Waals surface area contributed by atoms with Gasteiger partial charge in [0.1, 0.15) is 5.75 Å². The summed E-state index contributed by atoms with van der Waals surface area (Å²) >= 11 is 6.45. The molecule has 1 aliphatic rings. The summed E-state index contributed by atoms with van der Waals surface area (Å²) in [7, 11) is 3.70. The molecule has 6 nitrogen and oxygen atoms in total. The molecule has 1 saturated heterocycles.